The highest BCUT2D eigenvalue weighted by atomic mass is 14.9. The molecule has 5 atom stereocenters. The Balaban J connectivity index is 2.95. The summed E-state index contributed by atoms with van der Waals surface area (Å²) in [7, 11) is 0. The normalized spacial score (nSPS) is 31.7. The van der Waals surface area contributed by atoms with Crippen molar-refractivity contribution < 1.29 is 0 Å². The van der Waals surface area contributed by atoms with Crippen LogP contribution < -0.4 is 0 Å². The van der Waals surface area contributed by atoms with E-state index in [4.69, 9.17) is 0 Å². The van der Waals surface area contributed by atoms with Gasteiger partial charge in [0.15, 0.2) is 0 Å². The van der Waals surface area contributed by atoms with Crippen LogP contribution in [-0.2, 0) is 0 Å². The first-order valence-electron chi connectivity index (χ1n) is 24.5. The number of hydrogen-bond acceptors (Lipinski definition) is 0. The van der Waals surface area contributed by atoms with E-state index in [1.54, 1.807) is 0 Å². The molecule has 0 spiro atoms. The molecule has 0 aromatic rings. The fraction of sp³-hybridized carbons (Fsp3) is 1.00. The van der Waals surface area contributed by atoms with Crippen LogP contribution in [0, 0.1) is 55.7 Å². The van der Waals surface area contributed by atoms with Crippen LogP contribution >= 0.6 is 0 Å². The van der Waals surface area contributed by atoms with E-state index in [1.165, 1.54) is 180 Å². The van der Waals surface area contributed by atoms with Crippen LogP contribution in [0.25, 0.3) is 0 Å². The van der Waals surface area contributed by atoms with Gasteiger partial charge in [0.2, 0.25) is 0 Å². The molecule has 0 heterocycles. The topological polar surface area (TPSA) is 0 Å². The summed E-state index contributed by atoms with van der Waals surface area (Å²) >= 11 is 0. The molecule has 0 aromatic heterocycles. The van der Waals surface area contributed by atoms with E-state index in [-0.39, 0.29) is 0 Å². The molecule has 3 rings (SSSR count). The van der Waals surface area contributed by atoms with E-state index in [2.05, 4.69) is 90.0 Å². The van der Waals surface area contributed by atoms with Gasteiger partial charge in [0.25, 0.3) is 0 Å². The molecular weight excluding hydrogens is 613 g/mol. The second-order valence-corrected chi connectivity index (χ2v) is 20.2. The molecule has 3 saturated carbocycles. The van der Waals surface area contributed by atoms with E-state index in [1.807, 2.05) is 0 Å². The Hall–Kier alpha value is 0. The van der Waals surface area contributed by atoms with Gasteiger partial charge in [-0.3, -0.25) is 0 Å². The molecule has 5 unspecified atom stereocenters. The van der Waals surface area contributed by atoms with Crippen molar-refractivity contribution in [2.24, 2.45) is 55.7 Å². The Morgan fingerprint density at radius 3 is 1.31 bits per heavy atom. The fourth-order valence-corrected chi connectivity index (χ4v) is 17.4. The highest BCUT2D eigenvalue weighted by Crippen LogP contribution is 2.94. The third-order valence-electron chi connectivity index (χ3n) is 17.9. The summed E-state index contributed by atoms with van der Waals surface area (Å²) in [6.45, 7) is 34.7. The van der Waals surface area contributed by atoms with Gasteiger partial charge >= 0.3 is 0 Å². The minimum Gasteiger partial charge on any atom is -0.0654 e. The molecule has 3 aliphatic carbocycles. The third kappa shape index (κ3) is 6.71. The predicted molar refractivity (Wildman–Crippen MR) is 231 cm³/mol. The minimum absolute atomic E-state index is 0.299. The Morgan fingerprint density at radius 2 is 0.902 bits per heavy atom. The first-order valence-corrected chi connectivity index (χ1v) is 24.5. The quantitative estimate of drug-likeness (QED) is 0.0838. The zero-order valence-electron chi connectivity index (χ0n) is 38.0. The van der Waals surface area contributed by atoms with E-state index in [0.717, 1.165) is 17.8 Å². The molecule has 0 bridgehead atoms. The van der Waals surface area contributed by atoms with E-state index >= 15 is 0 Å². The van der Waals surface area contributed by atoms with Gasteiger partial charge in [-0.2, -0.15) is 0 Å². The molecular formula is C51H98. The first-order chi connectivity index (χ1) is 24.5. The maximum atomic E-state index is 2.91. The lowest BCUT2D eigenvalue weighted by Crippen LogP contribution is -2.83. The zero-order chi connectivity index (χ0) is 38.0. The van der Waals surface area contributed by atoms with Gasteiger partial charge in [0, 0.05) is 0 Å². The highest BCUT2D eigenvalue weighted by Gasteiger charge is 2.88. The van der Waals surface area contributed by atoms with Crippen LogP contribution in [0.3, 0.4) is 0 Å². The molecule has 3 fully saturated rings. The van der Waals surface area contributed by atoms with E-state index in [9.17, 15) is 0 Å². The molecule has 51 heavy (non-hydrogen) atoms. The van der Waals surface area contributed by atoms with Gasteiger partial charge in [-0.1, -0.05) is 186 Å². The maximum absolute atomic E-state index is 2.91. The Kier molecular flexibility index (Phi) is 17.1. The fourth-order valence-electron chi connectivity index (χ4n) is 17.4. The highest BCUT2D eigenvalue weighted by molar-refractivity contribution is 5.35. The number of rotatable bonds is 26. The molecule has 0 aliphatic heterocycles. The van der Waals surface area contributed by atoms with Gasteiger partial charge in [0.05, 0.1) is 0 Å². The van der Waals surface area contributed by atoms with Crippen LogP contribution in [-0.4, -0.2) is 0 Å². The summed E-state index contributed by atoms with van der Waals surface area (Å²) in [5.41, 5.74) is 2.66. The molecule has 0 heteroatoms. The van der Waals surface area contributed by atoms with Crippen LogP contribution in [0.2, 0.25) is 0 Å². The number of hydrogen-bond donors (Lipinski definition) is 0. The second-order valence-electron chi connectivity index (χ2n) is 20.2. The van der Waals surface area contributed by atoms with Crippen molar-refractivity contribution in [3.63, 3.8) is 0 Å². The largest absolute Gasteiger partial charge is 0.0654 e. The first kappa shape index (κ1) is 45.4. The predicted octanol–water partition coefficient (Wildman–Crippen LogP) is 18.0. The molecule has 0 aromatic carbocycles. The molecule has 0 nitrogen and oxygen atoms in total. The summed E-state index contributed by atoms with van der Waals surface area (Å²) in [6.07, 6.45) is 40.6. The molecule has 0 saturated heterocycles. The third-order valence-corrected chi connectivity index (χ3v) is 17.9. The van der Waals surface area contributed by atoms with Gasteiger partial charge < -0.3 is 0 Å². The van der Waals surface area contributed by atoms with E-state index < -0.39 is 0 Å². The summed E-state index contributed by atoms with van der Waals surface area (Å²) in [5, 5.41) is 0. The van der Waals surface area contributed by atoms with Crippen LogP contribution in [0.5, 0.6) is 0 Å². The standard InChI is InChI=1S/C51H98/c1-14-25-28-42(23-10)41-48(37-19-6)46(33-15-2,34-16-3)49(38-20-7,44-31-32-44)50(39-21-8,43-29-26-27-30-43)51(40-22-9,45(12,13)24-11)47(48,35-17-4)36-18-5/h42-44H,14-41H2,1-13H3. The monoisotopic (exact) mass is 711 g/mol. The zero-order valence-corrected chi connectivity index (χ0v) is 38.0. The molecule has 0 amide bonds. The lowest BCUT2D eigenvalue weighted by Gasteiger charge is -2.88. The van der Waals surface area contributed by atoms with Gasteiger partial charge in [-0.15, -0.1) is 0 Å². The number of unbranched alkanes of at least 4 members (excludes halogenated alkanes) is 1. The smallest absolute Gasteiger partial charge is 0.0120 e. The summed E-state index contributed by atoms with van der Waals surface area (Å²) < 4.78 is 0. The van der Waals surface area contributed by atoms with Gasteiger partial charge in [-0.25, -0.2) is 0 Å². The molecule has 302 valence electrons. The van der Waals surface area contributed by atoms with Crippen molar-refractivity contribution in [2.75, 3.05) is 0 Å². The van der Waals surface area contributed by atoms with Gasteiger partial charge in [0.1, 0.15) is 0 Å². The van der Waals surface area contributed by atoms with Crippen molar-refractivity contribution in [1.82, 2.24) is 0 Å². The van der Waals surface area contributed by atoms with Crippen molar-refractivity contribution in [2.45, 2.75) is 270 Å². The van der Waals surface area contributed by atoms with E-state index in [0.29, 0.717) is 37.9 Å². The minimum atomic E-state index is 0.299. The average Bonchev–Trinajstić information content (AvgIpc) is 3.82. The Morgan fingerprint density at radius 1 is 0.471 bits per heavy atom. The lowest BCUT2D eigenvalue weighted by atomic mass is 9.15. The Bertz CT molecular complexity index is 966. The van der Waals surface area contributed by atoms with Crippen molar-refractivity contribution in [3.8, 4) is 0 Å². The lowest BCUT2D eigenvalue weighted by molar-refractivity contribution is -0.410. The van der Waals surface area contributed by atoms with Crippen LogP contribution in [0.1, 0.15) is 270 Å². The Labute approximate surface area is 324 Å². The SMILES string of the molecule is CCCCC(CC)CC1(CCC)C(CCC)(CCC)C(CCC)(C2CC2)C(CCC)(C2CCCC2)C(CCC)(C(C)(C)CC)C1(CCC)CCC. The van der Waals surface area contributed by atoms with Crippen molar-refractivity contribution >= 4 is 0 Å². The summed E-state index contributed by atoms with van der Waals surface area (Å²) in [4.78, 5) is 0. The second kappa shape index (κ2) is 19.2. The summed E-state index contributed by atoms with van der Waals surface area (Å²) in [6, 6.07) is 0. The van der Waals surface area contributed by atoms with Gasteiger partial charge in [-0.05, 0) is 139 Å². The molecule has 0 N–H and O–H groups in total. The summed E-state index contributed by atoms with van der Waals surface area (Å²) in [5.74, 6) is 2.72. The molecule has 3 aliphatic rings. The van der Waals surface area contributed by atoms with Crippen molar-refractivity contribution in [1.29, 1.82) is 0 Å². The van der Waals surface area contributed by atoms with Crippen molar-refractivity contribution in [3.05, 3.63) is 0 Å². The van der Waals surface area contributed by atoms with Crippen LogP contribution in [0.4, 0.5) is 0 Å². The average molecular weight is 711 g/mol. The molecule has 0 radical (unpaired) electrons. The maximum Gasteiger partial charge on any atom is -0.0120 e. The van der Waals surface area contributed by atoms with Crippen LogP contribution in [0.15, 0.2) is 0 Å².